The lowest BCUT2D eigenvalue weighted by molar-refractivity contribution is -0.124. The molecule has 0 radical (unpaired) electrons. The van der Waals surface area contributed by atoms with Gasteiger partial charge in [0.05, 0.1) is 6.04 Å². The normalized spacial score (nSPS) is 26.5. The molecule has 1 aliphatic rings. The Bertz CT molecular complexity index is 225. The molecule has 3 atom stereocenters. The minimum Gasteiger partial charge on any atom is -0.352 e. The molecular formula is C13H27N3O. The second-order valence-corrected chi connectivity index (χ2v) is 5.18. The number of nitrogens with one attached hydrogen (secondary N) is 3. The van der Waals surface area contributed by atoms with E-state index in [1.807, 2.05) is 0 Å². The Morgan fingerprint density at radius 3 is 2.71 bits per heavy atom. The zero-order chi connectivity index (χ0) is 12.7. The third kappa shape index (κ3) is 5.50. The highest BCUT2D eigenvalue weighted by molar-refractivity contribution is 5.82. The Morgan fingerprint density at radius 1 is 1.35 bits per heavy atom. The molecule has 1 heterocycles. The molecule has 3 unspecified atom stereocenters. The van der Waals surface area contributed by atoms with Crippen LogP contribution in [0.4, 0.5) is 0 Å². The molecule has 1 rings (SSSR count). The smallest absolute Gasteiger partial charge is 0.238 e. The molecule has 1 amide bonds. The number of piperazine rings is 1. The molecule has 4 nitrogen and oxygen atoms in total. The van der Waals surface area contributed by atoms with E-state index < -0.39 is 0 Å². The Balaban J connectivity index is 2.19. The Morgan fingerprint density at radius 2 is 2.12 bits per heavy atom. The number of rotatable bonds is 6. The highest BCUT2D eigenvalue weighted by Gasteiger charge is 2.23. The fraction of sp³-hybridized carbons (Fsp3) is 0.923. The van der Waals surface area contributed by atoms with Crippen LogP contribution >= 0.6 is 0 Å². The maximum absolute atomic E-state index is 11.9. The van der Waals surface area contributed by atoms with E-state index in [4.69, 9.17) is 0 Å². The highest BCUT2D eigenvalue weighted by Crippen LogP contribution is 2.03. The number of hydrogen-bond acceptors (Lipinski definition) is 3. The van der Waals surface area contributed by atoms with E-state index in [-0.39, 0.29) is 18.0 Å². The number of carbonyl (C=O) groups excluding carboxylic acids is 1. The van der Waals surface area contributed by atoms with Crippen molar-refractivity contribution in [1.82, 2.24) is 16.0 Å². The minimum atomic E-state index is -0.0696. The third-order valence-corrected chi connectivity index (χ3v) is 3.29. The van der Waals surface area contributed by atoms with Gasteiger partial charge in [-0.25, -0.2) is 0 Å². The molecule has 1 saturated heterocycles. The monoisotopic (exact) mass is 241 g/mol. The Kier molecular flexibility index (Phi) is 6.52. The predicted octanol–water partition coefficient (Wildman–Crippen LogP) is 1.02. The first-order valence-corrected chi connectivity index (χ1v) is 6.90. The van der Waals surface area contributed by atoms with Crippen molar-refractivity contribution in [3.63, 3.8) is 0 Å². The molecule has 17 heavy (non-hydrogen) atoms. The van der Waals surface area contributed by atoms with Gasteiger partial charge in [-0.1, -0.05) is 26.2 Å². The van der Waals surface area contributed by atoms with Gasteiger partial charge in [0.25, 0.3) is 0 Å². The van der Waals surface area contributed by atoms with Crippen molar-refractivity contribution in [2.75, 3.05) is 13.1 Å². The van der Waals surface area contributed by atoms with Gasteiger partial charge < -0.3 is 16.0 Å². The van der Waals surface area contributed by atoms with E-state index in [9.17, 15) is 4.79 Å². The molecule has 0 spiro atoms. The van der Waals surface area contributed by atoms with Gasteiger partial charge in [0.1, 0.15) is 0 Å². The average molecular weight is 241 g/mol. The van der Waals surface area contributed by atoms with Crippen molar-refractivity contribution in [3.05, 3.63) is 0 Å². The number of amides is 1. The molecule has 0 aromatic rings. The van der Waals surface area contributed by atoms with Crippen LogP contribution in [0.1, 0.15) is 46.5 Å². The topological polar surface area (TPSA) is 53.2 Å². The van der Waals surface area contributed by atoms with Gasteiger partial charge >= 0.3 is 0 Å². The van der Waals surface area contributed by atoms with Crippen molar-refractivity contribution >= 4 is 5.91 Å². The first kappa shape index (κ1) is 14.5. The van der Waals surface area contributed by atoms with Crippen molar-refractivity contribution in [1.29, 1.82) is 0 Å². The van der Waals surface area contributed by atoms with Crippen LogP contribution in [0.15, 0.2) is 0 Å². The summed E-state index contributed by atoms with van der Waals surface area (Å²) >= 11 is 0. The molecule has 100 valence electrons. The Labute approximate surface area is 105 Å². The zero-order valence-electron chi connectivity index (χ0n) is 11.4. The van der Waals surface area contributed by atoms with Crippen molar-refractivity contribution in [2.24, 2.45) is 0 Å². The van der Waals surface area contributed by atoms with Crippen LogP contribution in [0.3, 0.4) is 0 Å². The molecule has 0 aromatic heterocycles. The van der Waals surface area contributed by atoms with Crippen molar-refractivity contribution < 1.29 is 4.79 Å². The highest BCUT2D eigenvalue weighted by atomic mass is 16.2. The van der Waals surface area contributed by atoms with Crippen LogP contribution < -0.4 is 16.0 Å². The van der Waals surface area contributed by atoms with Crippen LogP contribution in [0, 0.1) is 0 Å². The van der Waals surface area contributed by atoms with E-state index in [0.29, 0.717) is 6.04 Å². The summed E-state index contributed by atoms with van der Waals surface area (Å²) in [6.45, 7) is 8.00. The SMILES string of the molecule is CCCCCC(C)NC(=O)C1CNC(C)CN1. The molecule has 0 aliphatic carbocycles. The van der Waals surface area contributed by atoms with Crippen LogP contribution in [-0.4, -0.2) is 37.1 Å². The minimum absolute atomic E-state index is 0.0696. The summed E-state index contributed by atoms with van der Waals surface area (Å²) in [5, 5.41) is 9.66. The molecule has 0 saturated carbocycles. The summed E-state index contributed by atoms with van der Waals surface area (Å²) in [6, 6.07) is 0.677. The lowest BCUT2D eigenvalue weighted by Crippen LogP contribution is -2.59. The van der Waals surface area contributed by atoms with Crippen molar-refractivity contribution in [3.8, 4) is 0 Å². The fourth-order valence-corrected chi connectivity index (χ4v) is 2.08. The first-order chi connectivity index (χ1) is 8.13. The van der Waals surface area contributed by atoms with Crippen LogP contribution in [0.5, 0.6) is 0 Å². The number of hydrogen-bond donors (Lipinski definition) is 3. The fourth-order valence-electron chi connectivity index (χ4n) is 2.08. The molecule has 0 aromatic carbocycles. The summed E-state index contributed by atoms with van der Waals surface area (Å²) in [5.41, 5.74) is 0. The van der Waals surface area contributed by atoms with Gasteiger partial charge in [0.2, 0.25) is 5.91 Å². The molecule has 1 fully saturated rings. The number of carbonyl (C=O) groups is 1. The van der Waals surface area contributed by atoms with E-state index in [1.165, 1.54) is 19.3 Å². The molecule has 3 N–H and O–H groups in total. The lowest BCUT2D eigenvalue weighted by atomic mass is 10.1. The van der Waals surface area contributed by atoms with E-state index in [2.05, 4.69) is 36.7 Å². The van der Waals surface area contributed by atoms with Gasteiger partial charge in [-0.15, -0.1) is 0 Å². The van der Waals surface area contributed by atoms with Crippen molar-refractivity contribution in [2.45, 2.75) is 64.6 Å². The lowest BCUT2D eigenvalue weighted by Gasteiger charge is -2.29. The standard InChI is InChI=1S/C13H27N3O/c1-4-5-6-7-10(2)16-13(17)12-9-14-11(3)8-15-12/h10-12,14-15H,4-9H2,1-3H3,(H,16,17). The number of unbranched alkanes of at least 4 members (excludes halogenated alkanes) is 2. The molecule has 0 bridgehead atoms. The summed E-state index contributed by atoms with van der Waals surface area (Å²) in [4.78, 5) is 11.9. The second kappa shape index (κ2) is 7.67. The summed E-state index contributed by atoms with van der Waals surface area (Å²) in [6.07, 6.45) is 4.76. The Hall–Kier alpha value is -0.610. The van der Waals surface area contributed by atoms with E-state index in [0.717, 1.165) is 19.5 Å². The maximum atomic E-state index is 11.9. The maximum Gasteiger partial charge on any atom is 0.238 e. The summed E-state index contributed by atoms with van der Waals surface area (Å²) < 4.78 is 0. The molecular weight excluding hydrogens is 214 g/mol. The van der Waals surface area contributed by atoms with E-state index >= 15 is 0 Å². The average Bonchev–Trinajstić information content (AvgIpc) is 2.30. The zero-order valence-corrected chi connectivity index (χ0v) is 11.4. The molecule has 1 aliphatic heterocycles. The summed E-state index contributed by atoms with van der Waals surface area (Å²) in [5.74, 6) is 0.133. The van der Waals surface area contributed by atoms with Gasteiger partial charge in [0, 0.05) is 25.2 Å². The van der Waals surface area contributed by atoms with Crippen LogP contribution in [-0.2, 0) is 4.79 Å². The third-order valence-electron chi connectivity index (χ3n) is 3.29. The molecule has 4 heteroatoms. The second-order valence-electron chi connectivity index (χ2n) is 5.18. The van der Waals surface area contributed by atoms with E-state index in [1.54, 1.807) is 0 Å². The first-order valence-electron chi connectivity index (χ1n) is 6.90. The van der Waals surface area contributed by atoms with Gasteiger partial charge in [-0.2, -0.15) is 0 Å². The largest absolute Gasteiger partial charge is 0.352 e. The van der Waals surface area contributed by atoms with Crippen LogP contribution in [0.2, 0.25) is 0 Å². The quantitative estimate of drug-likeness (QED) is 0.609. The van der Waals surface area contributed by atoms with Gasteiger partial charge in [-0.3, -0.25) is 4.79 Å². The predicted molar refractivity (Wildman–Crippen MR) is 71.0 cm³/mol. The summed E-state index contributed by atoms with van der Waals surface area (Å²) in [7, 11) is 0. The van der Waals surface area contributed by atoms with Gasteiger partial charge in [-0.05, 0) is 20.3 Å². The van der Waals surface area contributed by atoms with Crippen LogP contribution in [0.25, 0.3) is 0 Å². The van der Waals surface area contributed by atoms with Gasteiger partial charge in [0.15, 0.2) is 0 Å².